The number of carbonyl (C=O) groups is 1. The molecule has 0 saturated heterocycles. The summed E-state index contributed by atoms with van der Waals surface area (Å²) >= 11 is 7.59. The molecule has 3 aromatic rings. The van der Waals surface area contributed by atoms with Gasteiger partial charge in [-0.1, -0.05) is 23.7 Å². The molecular formula is C17H14ClN3OS. The first-order valence-corrected chi connectivity index (χ1v) is 8.24. The molecule has 0 spiro atoms. The number of nitrogens with one attached hydrogen (secondary N) is 1. The maximum absolute atomic E-state index is 12.2. The number of pyridine rings is 1. The number of rotatable bonds is 4. The maximum atomic E-state index is 12.2. The molecule has 0 aliphatic heterocycles. The summed E-state index contributed by atoms with van der Waals surface area (Å²) in [5, 5.41) is 4.24. The third-order valence-corrected chi connectivity index (χ3v) is 4.87. The number of aromatic nitrogens is 2. The highest BCUT2D eigenvalue weighted by atomic mass is 35.5. The minimum atomic E-state index is -0.189. The van der Waals surface area contributed by atoms with E-state index >= 15 is 0 Å². The second kappa shape index (κ2) is 6.89. The van der Waals surface area contributed by atoms with Crippen molar-refractivity contribution >= 4 is 28.8 Å². The SMILES string of the molecule is Cc1nc(-c2cccnc2)sc1CNC(=O)c1ccccc1Cl. The molecule has 0 radical (unpaired) electrons. The lowest BCUT2D eigenvalue weighted by atomic mass is 10.2. The Bertz CT molecular complexity index is 833. The highest BCUT2D eigenvalue weighted by molar-refractivity contribution is 7.15. The predicted molar refractivity (Wildman–Crippen MR) is 92.7 cm³/mol. The van der Waals surface area contributed by atoms with Crippen LogP contribution in [0.1, 0.15) is 20.9 Å². The normalized spacial score (nSPS) is 10.5. The monoisotopic (exact) mass is 343 g/mol. The van der Waals surface area contributed by atoms with Crippen LogP contribution in [0.5, 0.6) is 0 Å². The lowest BCUT2D eigenvalue weighted by molar-refractivity contribution is 0.0951. The number of carbonyl (C=O) groups excluding carboxylic acids is 1. The van der Waals surface area contributed by atoms with Crippen LogP contribution >= 0.6 is 22.9 Å². The summed E-state index contributed by atoms with van der Waals surface area (Å²) in [5.74, 6) is -0.189. The molecule has 116 valence electrons. The topological polar surface area (TPSA) is 54.9 Å². The fraction of sp³-hybridized carbons (Fsp3) is 0.118. The summed E-state index contributed by atoms with van der Waals surface area (Å²) in [5.41, 5.74) is 2.36. The molecule has 1 amide bonds. The summed E-state index contributed by atoms with van der Waals surface area (Å²) in [4.78, 5) is 21.9. The quantitative estimate of drug-likeness (QED) is 0.776. The molecule has 2 aromatic heterocycles. The van der Waals surface area contributed by atoms with Crippen molar-refractivity contribution in [2.24, 2.45) is 0 Å². The Morgan fingerprint density at radius 2 is 2.09 bits per heavy atom. The fourth-order valence-corrected chi connectivity index (χ4v) is 3.32. The van der Waals surface area contributed by atoms with E-state index in [9.17, 15) is 4.79 Å². The Labute approximate surface area is 143 Å². The molecule has 6 heteroatoms. The van der Waals surface area contributed by atoms with Crippen LogP contribution in [0.3, 0.4) is 0 Å². The summed E-state index contributed by atoms with van der Waals surface area (Å²) in [6.45, 7) is 2.36. The van der Waals surface area contributed by atoms with E-state index in [-0.39, 0.29) is 5.91 Å². The van der Waals surface area contributed by atoms with Crippen LogP contribution in [0.25, 0.3) is 10.6 Å². The minimum Gasteiger partial charge on any atom is -0.347 e. The van der Waals surface area contributed by atoms with Crippen LogP contribution in [-0.2, 0) is 6.54 Å². The Balaban J connectivity index is 1.73. The highest BCUT2D eigenvalue weighted by Gasteiger charge is 2.13. The third-order valence-electron chi connectivity index (χ3n) is 3.33. The number of amides is 1. The Morgan fingerprint density at radius 3 is 2.83 bits per heavy atom. The molecule has 0 unspecified atom stereocenters. The summed E-state index contributed by atoms with van der Waals surface area (Å²) in [6, 6.07) is 10.8. The van der Waals surface area contributed by atoms with Gasteiger partial charge in [-0.15, -0.1) is 11.3 Å². The second-order valence-corrected chi connectivity index (χ2v) is 6.42. The number of benzene rings is 1. The minimum absolute atomic E-state index is 0.189. The van der Waals surface area contributed by atoms with E-state index in [1.165, 1.54) is 0 Å². The van der Waals surface area contributed by atoms with Gasteiger partial charge in [0.1, 0.15) is 5.01 Å². The van der Waals surface area contributed by atoms with Gasteiger partial charge >= 0.3 is 0 Å². The smallest absolute Gasteiger partial charge is 0.253 e. The summed E-state index contributed by atoms with van der Waals surface area (Å²) < 4.78 is 0. The highest BCUT2D eigenvalue weighted by Crippen LogP contribution is 2.27. The van der Waals surface area contributed by atoms with Gasteiger partial charge in [0.25, 0.3) is 5.91 Å². The van der Waals surface area contributed by atoms with E-state index in [1.807, 2.05) is 19.1 Å². The Hall–Kier alpha value is -2.24. The van der Waals surface area contributed by atoms with Gasteiger partial charge in [0.05, 0.1) is 22.8 Å². The zero-order chi connectivity index (χ0) is 16.2. The van der Waals surface area contributed by atoms with Gasteiger partial charge in [-0.2, -0.15) is 0 Å². The number of aryl methyl sites for hydroxylation is 1. The largest absolute Gasteiger partial charge is 0.347 e. The molecule has 0 saturated carbocycles. The molecule has 0 fully saturated rings. The van der Waals surface area contributed by atoms with Crippen molar-refractivity contribution in [2.45, 2.75) is 13.5 Å². The zero-order valence-electron chi connectivity index (χ0n) is 12.4. The second-order valence-electron chi connectivity index (χ2n) is 4.93. The molecule has 2 heterocycles. The van der Waals surface area contributed by atoms with Crippen LogP contribution in [0.15, 0.2) is 48.8 Å². The molecule has 0 aliphatic rings. The predicted octanol–water partition coefficient (Wildman–Crippen LogP) is 4.10. The summed E-state index contributed by atoms with van der Waals surface area (Å²) in [7, 11) is 0. The van der Waals surface area contributed by atoms with Crippen molar-refractivity contribution in [1.82, 2.24) is 15.3 Å². The molecule has 4 nitrogen and oxygen atoms in total. The molecule has 23 heavy (non-hydrogen) atoms. The van der Waals surface area contributed by atoms with Gasteiger partial charge < -0.3 is 5.32 Å². The average molecular weight is 344 g/mol. The average Bonchev–Trinajstić information content (AvgIpc) is 2.95. The van der Waals surface area contributed by atoms with E-state index in [4.69, 9.17) is 11.6 Å². The van der Waals surface area contributed by atoms with E-state index in [1.54, 1.807) is 48.0 Å². The van der Waals surface area contributed by atoms with Crippen molar-refractivity contribution in [2.75, 3.05) is 0 Å². The number of hydrogen-bond donors (Lipinski definition) is 1. The van der Waals surface area contributed by atoms with Crippen molar-refractivity contribution < 1.29 is 4.79 Å². The standard InChI is InChI=1S/C17H14ClN3OS/c1-11-15(23-17(21-11)12-5-4-8-19-9-12)10-20-16(22)13-6-2-3-7-14(13)18/h2-9H,10H2,1H3,(H,20,22). The van der Waals surface area contributed by atoms with E-state index < -0.39 is 0 Å². The van der Waals surface area contributed by atoms with E-state index in [0.29, 0.717) is 17.1 Å². The molecule has 3 rings (SSSR count). The van der Waals surface area contributed by atoms with Crippen LogP contribution < -0.4 is 5.32 Å². The molecule has 0 atom stereocenters. The number of hydrogen-bond acceptors (Lipinski definition) is 4. The molecular weight excluding hydrogens is 330 g/mol. The number of nitrogens with zero attached hydrogens (tertiary/aromatic N) is 2. The van der Waals surface area contributed by atoms with E-state index in [2.05, 4.69) is 15.3 Å². The van der Waals surface area contributed by atoms with Crippen molar-refractivity contribution in [3.8, 4) is 10.6 Å². The first-order valence-electron chi connectivity index (χ1n) is 7.04. The lowest BCUT2D eigenvalue weighted by Gasteiger charge is -2.05. The van der Waals surface area contributed by atoms with Crippen molar-refractivity contribution in [3.05, 3.63) is 69.9 Å². The number of halogens is 1. The van der Waals surface area contributed by atoms with Crippen molar-refractivity contribution in [3.63, 3.8) is 0 Å². The van der Waals surface area contributed by atoms with Gasteiger partial charge in [0, 0.05) is 22.8 Å². The van der Waals surface area contributed by atoms with Crippen LogP contribution in [0, 0.1) is 6.92 Å². The molecule has 0 aliphatic carbocycles. The Kier molecular flexibility index (Phi) is 4.69. The zero-order valence-corrected chi connectivity index (χ0v) is 14.0. The molecule has 1 N–H and O–H groups in total. The molecule has 1 aromatic carbocycles. The van der Waals surface area contributed by atoms with Gasteiger partial charge in [-0.3, -0.25) is 9.78 Å². The fourth-order valence-electron chi connectivity index (χ4n) is 2.11. The van der Waals surface area contributed by atoms with Gasteiger partial charge in [-0.05, 0) is 31.2 Å². The maximum Gasteiger partial charge on any atom is 0.253 e. The van der Waals surface area contributed by atoms with Gasteiger partial charge in [0.2, 0.25) is 0 Å². The number of thiazole rings is 1. The third kappa shape index (κ3) is 3.57. The van der Waals surface area contributed by atoms with Crippen LogP contribution in [0.4, 0.5) is 0 Å². The van der Waals surface area contributed by atoms with Gasteiger partial charge in [0.15, 0.2) is 0 Å². The molecule has 0 bridgehead atoms. The van der Waals surface area contributed by atoms with Gasteiger partial charge in [-0.25, -0.2) is 4.98 Å². The summed E-state index contributed by atoms with van der Waals surface area (Å²) in [6.07, 6.45) is 3.51. The Morgan fingerprint density at radius 1 is 1.26 bits per heavy atom. The van der Waals surface area contributed by atoms with Crippen LogP contribution in [-0.4, -0.2) is 15.9 Å². The first kappa shape index (κ1) is 15.6. The van der Waals surface area contributed by atoms with Crippen molar-refractivity contribution in [1.29, 1.82) is 0 Å². The first-order chi connectivity index (χ1) is 11.1. The van der Waals surface area contributed by atoms with Crippen LogP contribution in [0.2, 0.25) is 5.02 Å². The lowest BCUT2D eigenvalue weighted by Crippen LogP contribution is -2.22. The van der Waals surface area contributed by atoms with E-state index in [0.717, 1.165) is 21.1 Å².